The average Bonchev–Trinajstić information content (AvgIpc) is 3.23. The lowest BCUT2D eigenvalue weighted by atomic mass is 9.70. The number of fused-ring (bicyclic) bond motifs is 3. The fraction of sp³-hybridized carbons (Fsp3) is 0.450. The maximum Gasteiger partial charge on any atom is 0.129 e. The summed E-state index contributed by atoms with van der Waals surface area (Å²) < 4.78 is 0. The van der Waals surface area contributed by atoms with Gasteiger partial charge in [-0.2, -0.15) is 0 Å². The Bertz CT molecular complexity index is 1450. The molecule has 0 amide bonds. The van der Waals surface area contributed by atoms with Crippen LogP contribution in [0.2, 0.25) is 19.6 Å². The highest BCUT2D eigenvalue weighted by Gasteiger charge is 2.42. The molecule has 0 aliphatic heterocycles. The molecular weight excluding hydrogens is 523 g/mol. The second-order valence-corrected chi connectivity index (χ2v) is 18.2. The van der Waals surface area contributed by atoms with Crippen molar-refractivity contribution in [2.45, 2.75) is 103 Å². The number of unbranched alkanes of at least 4 members (excludes halogenated alkanes) is 6. The smallest absolute Gasteiger partial charge is 0.129 e. The molecule has 220 valence electrons. The van der Waals surface area contributed by atoms with Crippen molar-refractivity contribution >= 4 is 13.8 Å². The summed E-state index contributed by atoms with van der Waals surface area (Å²) in [4.78, 5) is 2.12. The van der Waals surface area contributed by atoms with Gasteiger partial charge in [-0.25, -0.2) is 0 Å². The Morgan fingerprint density at radius 1 is 0.595 bits per heavy atom. The Balaban J connectivity index is 1.79. The normalized spacial score (nSPS) is 12.9. The first kappa shape index (κ1) is 31.7. The quantitative estimate of drug-likeness (QED) is 0.125. The lowest BCUT2D eigenvalue weighted by Gasteiger charge is -2.33. The number of hydrogen-bond acceptors (Lipinski definition) is 1. The summed E-state index contributed by atoms with van der Waals surface area (Å²) in [5.41, 5.74) is 14.0. The summed E-state index contributed by atoms with van der Waals surface area (Å²) in [6.07, 6.45) is 12.7. The minimum Gasteiger partial charge on any atom is -0.378 e. The van der Waals surface area contributed by atoms with Crippen molar-refractivity contribution < 1.29 is 0 Å². The Labute approximate surface area is 258 Å². The number of benzene rings is 3. The Kier molecular flexibility index (Phi) is 10.8. The van der Waals surface area contributed by atoms with E-state index in [1.54, 1.807) is 0 Å². The third-order valence-electron chi connectivity index (χ3n) is 8.59. The fourth-order valence-electron chi connectivity index (χ4n) is 6.27. The predicted octanol–water partition coefficient (Wildman–Crippen LogP) is 10.6. The van der Waals surface area contributed by atoms with Gasteiger partial charge in [0.05, 0.1) is 0 Å². The van der Waals surface area contributed by atoms with Crippen LogP contribution in [0.25, 0.3) is 11.1 Å². The number of hydrogen-bond donors (Lipinski definition) is 0. The molecule has 0 atom stereocenters. The van der Waals surface area contributed by atoms with E-state index in [1.807, 2.05) is 0 Å². The molecule has 0 aromatic heterocycles. The molecule has 4 rings (SSSR count). The van der Waals surface area contributed by atoms with Crippen LogP contribution < -0.4 is 4.90 Å². The maximum atomic E-state index is 3.62. The molecule has 0 saturated heterocycles. The van der Waals surface area contributed by atoms with Crippen molar-refractivity contribution in [3.05, 3.63) is 88.5 Å². The van der Waals surface area contributed by atoms with E-state index >= 15 is 0 Å². The lowest BCUT2D eigenvalue weighted by Crippen LogP contribution is -2.26. The van der Waals surface area contributed by atoms with E-state index in [4.69, 9.17) is 0 Å². The molecule has 0 fully saturated rings. The van der Waals surface area contributed by atoms with E-state index in [2.05, 4.69) is 136 Å². The van der Waals surface area contributed by atoms with Crippen LogP contribution >= 0.6 is 0 Å². The van der Waals surface area contributed by atoms with Crippen molar-refractivity contribution in [2.24, 2.45) is 0 Å². The van der Waals surface area contributed by atoms with Gasteiger partial charge in [-0.05, 0) is 83.6 Å². The molecule has 1 aliphatic carbocycles. The lowest BCUT2D eigenvalue weighted by molar-refractivity contribution is 0.401. The fourth-order valence-corrected chi connectivity index (χ4v) is 6.79. The van der Waals surface area contributed by atoms with Gasteiger partial charge in [-0.1, -0.05) is 115 Å². The SMILES string of the molecule is CCCCCCC1(CCCCCC)c2cc(C#Cc3ccc(N(C)C)cc3)ccc2-c2ccc(C#C[Si](C)(C)C)cc21. The van der Waals surface area contributed by atoms with Gasteiger partial charge in [0.25, 0.3) is 0 Å². The van der Waals surface area contributed by atoms with Gasteiger partial charge in [-0.15, -0.1) is 5.54 Å². The monoisotopic (exact) mass is 573 g/mol. The first-order chi connectivity index (χ1) is 20.2. The van der Waals surface area contributed by atoms with Crippen LogP contribution in [0.4, 0.5) is 5.69 Å². The summed E-state index contributed by atoms with van der Waals surface area (Å²) in [5, 5.41) is 0. The zero-order chi connectivity index (χ0) is 30.2. The molecule has 3 aromatic rings. The summed E-state index contributed by atoms with van der Waals surface area (Å²) in [6.45, 7) is 11.6. The Morgan fingerprint density at radius 2 is 1.07 bits per heavy atom. The van der Waals surface area contributed by atoms with E-state index in [-0.39, 0.29) is 5.41 Å². The van der Waals surface area contributed by atoms with Gasteiger partial charge < -0.3 is 4.90 Å². The van der Waals surface area contributed by atoms with Gasteiger partial charge in [-0.3, -0.25) is 0 Å². The van der Waals surface area contributed by atoms with Crippen LogP contribution in [0.5, 0.6) is 0 Å². The molecule has 0 N–H and O–H groups in total. The van der Waals surface area contributed by atoms with Crippen LogP contribution in [0.1, 0.15) is 106 Å². The topological polar surface area (TPSA) is 3.24 Å². The standard InChI is InChI=1S/C40H51NSi/c1-8-10-12-14-27-40(28-15-13-11-9-2)38-30-33(17-16-32-18-22-35(23-19-32)41(3)4)20-24-36(38)37-25-21-34(31-39(37)40)26-29-42(5,6)7/h18-25,30-31H,8-15,27-28H2,1-7H3. The Morgan fingerprint density at radius 3 is 1.55 bits per heavy atom. The van der Waals surface area contributed by atoms with Crippen LogP contribution in [0.3, 0.4) is 0 Å². The molecular formula is C40H51NSi. The third-order valence-corrected chi connectivity index (χ3v) is 9.47. The highest BCUT2D eigenvalue weighted by molar-refractivity contribution is 6.83. The van der Waals surface area contributed by atoms with E-state index < -0.39 is 8.07 Å². The van der Waals surface area contributed by atoms with Gasteiger partial charge in [0.15, 0.2) is 0 Å². The zero-order valence-electron chi connectivity index (χ0n) is 27.3. The second kappa shape index (κ2) is 14.3. The number of nitrogens with zero attached hydrogens (tertiary/aromatic N) is 1. The first-order valence-electron chi connectivity index (χ1n) is 16.3. The highest BCUT2D eigenvalue weighted by atomic mass is 28.3. The minimum absolute atomic E-state index is 0.0358. The van der Waals surface area contributed by atoms with Crippen molar-refractivity contribution in [2.75, 3.05) is 19.0 Å². The molecule has 0 unspecified atom stereocenters. The number of anilines is 1. The van der Waals surface area contributed by atoms with Crippen LogP contribution in [-0.2, 0) is 5.41 Å². The summed E-state index contributed by atoms with van der Waals surface area (Å²) in [7, 11) is 2.69. The molecule has 3 aromatic carbocycles. The molecule has 0 saturated carbocycles. The van der Waals surface area contributed by atoms with Crippen molar-refractivity contribution in [1.82, 2.24) is 0 Å². The molecule has 0 bridgehead atoms. The molecule has 0 heterocycles. The van der Waals surface area contributed by atoms with Crippen LogP contribution in [0.15, 0.2) is 60.7 Å². The predicted molar refractivity (Wildman–Crippen MR) is 187 cm³/mol. The minimum atomic E-state index is -1.46. The summed E-state index contributed by atoms with van der Waals surface area (Å²) >= 11 is 0. The average molecular weight is 574 g/mol. The maximum absolute atomic E-state index is 3.62. The van der Waals surface area contributed by atoms with E-state index in [0.717, 1.165) is 11.1 Å². The Hall–Kier alpha value is -3.20. The molecule has 0 radical (unpaired) electrons. The van der Waals surface area contributed by atoms with Crippen molar-refractivity contribution in [3.8, 4) is 34.4 Å². The zero-order valence-corrected chi connectivity index (χ0v) is 28.3. The van der Waals surface area contributed by atoms with Gasteiger partial charge in [0.1, 0.15) is 8.07 Å². The second-order valence-electron chi connectivity index (χ2n) is 13.4. The van der Waals surface area contributed by atoms with E-state index in [1.165, 1.54) is 97.7 Å². The van der Waals surface area contributed by atoms with Crippen molar-refractivity contribution in [3.63, 3.8) is 0 Å². The highest BCUT2D eigenvalue weighted by Crippen LogP contribution is 2.54. The molecule has 1 aliphatic rings. The first-order valence-corrected chi connectivity index (χ1v) is 19.8. The summed E-state index contributed by atoms with van der Waals surface area (Å²) in [5.74, 6) is 10.5. The van der Waals surface area contributed by atoms with Gasteiger partial charge in [0.2, 0.25) is 0 Å². The van der Waals surface area contributed by atoms with Crippen LogP contribution in [-0.4, -0.2) is 22.2 Å². The van der Waals surface area contributed by atoms with Crippen LogP contribution in [0, 0.1) is 23.3 Å². The van der Waals surface area contributed by atoms with Gasteiger partial charge >= 0.3 is 0 Å². The largest absolute Gasteiger partial charge is 0.378 e. The number of rotatable bonds is 11. The molecule has 0 spiro atoms. The molecule has 1 nitrogen and oxygen atoms in total. The van der Waals surface area contributed by atoms with Crippen molar-refractivity contribution in [1.29, 1.82) is 0 Å². The van der Waals surface area contributed by atoms with E-state index in [9.17, 15) is 0 Å². The molecule has 42 heavy (non-hydrogen) atoms. The summed E-state index contributed by atoms with van der Waals surface area (Å²) in [6, 6.07) is 22.6. The van der Waals surface area contributed by atoms with E-state index in [0.29, 0.717) is 0 Å². The van der Waals surface area contributed by atoms with Gasteiger partial charge in [0, 0.05) is 41.9 Å². The third kappa shape index (κ3) is 7.79. The molecule has 2 heteroatoms.